The summed E-state index contributed by atoms with van der Waals surface area (Å²) in [5.41, 5.74) is -0.366. The monoisotopic (exact) mass is 665 g/mol. The Labute approximate surface area is 276 Å². The van der Waals surface area contributed by atoms with Crippen molar-refractivity contribution in [3.05, 3.63) is 144 Å². The van der Waals surface area contributed by atoms with Gasteiger partial charge in [0, 0.05) is 34.4 Å². The van der Waals surface area contributed by atoms with Crippen molar-refractivity contribution >= 4 is 52.4 Å². The number of hydrogen-bond acceptors (Lipinski definition) is 12. The van der Waals surface area contributed by atoms with E-state index in [-0.39, 0.29) is 50.4 Å². The van der Waals surface area contributed by atoms with Crippen LogP contribution in [-0.2, 0) is 9.47 Å². The molecule has 0 bridgehead atoms. The molecular formula is C34H23N3O12. The molecule has 0 radical (unpaired) electrons. The highest BCUT2D eigenvalue weighted by Gasteiger charge is 2.37. The third-order valence-corrected chi connectivity index (χ3v) is 7.59. The van der Waals surface area contributed by atoms with Gasteiger partial charge in [0.15, 0.2) is 13.2 Å². The van der Waals surface area contributed by atoms with Crippen LogP contribution >= 0.6 is 0 Å². The van der Waals surface area contributed by atoms with Crippen molar-refractivity contribution in [3.63, 3.8) is 0 Å². The molecule has 49 heavy (non-hydrogen) atoms. The van der Waals surface area contributed by atoms with Gasteiger partial charge in [-0.05, 0) is 50.2 Å². The molecule has 0 atom stereocenters. The number of ether oxygens (including phenoxy) is 2. The molecule has 0 aliphatic carbocycles. The number of fused-ring (bicyclic) bond motifs is 1. The van der Waals surface area contributed by atoms with Gasteiger partial charge in [-0.25, -0.2) is 14.5 Å². The van der Waals surface area contributed by atoms with Gasteiger partial charge in [-0.15, -0.1) is 0 Å². The van der Waals surface area contributed by atoms with Gasteiger partial charge in [0.2, 0.25) is 11.6 Å². The van der Waals surface area contributed by atoms with Crippen molar-refractivity contribution < 1.29 is 48.1 Å². The predicted molar refractivity (Wildman–Crippen MR) is 169 cm³/mol. The number of nitrogens with zero attached hydrogens (tertiary/aromatic N) is 3. The number of benzene rings is 4. The SMILES string of the molecule is Cc1ccc(C(=O)COC(=O)c2cccc(N3C(=O)c4ccc(C(=O)OCC(=O)c5ccc(C)c([N+](=O)[O-])c5)cc4C3=O)c2)cc1[N+](=O)[O-]. The fourth-order valence-electron chi connectivity index (χ4n) is 4.93. The van der Waals surface area contributed by atoms with Crippen molar-refractivity contribution in [1.82, 2.24) is 0 Å². The fourth-order valence-corrected chi connectivity index (χ4v) is 4.93. The van der Waals surface area contributed by atoms with E-state index in [9.17, 15) is 49.0 Å². The van der Waals surface area contributed by atoms with Crippen molar-refractivity contribution in [3.8, 4) is 0 Å². The summed E-state index contributed by atoms with van der Waals surface area (Å²) in [7, 11) is 0. The van der Waals surface area contributed by atoms with E-state index in [1.807, 2.05) is 0 Å². The van der Waals surface area contributed by atoms with Crippen LogP contribution in [-0.4, -0.2) is 58.4 Å². The fraction of sp³-hybridized carbons (Fsp3) is 0.118. The number of nitro benzene ring substituents is 2. The quantitative estimate of drug-likeness (QED) is 0.0681. The van der Waals surface area contributed by atoms with Gasteiger partial charge in [-0.3, -0.25) is 39.4 Å². The first-order valence-corrected chi connectivity index (χ1v) is 14.3. The van der Waals surface area contributed by atoms with E-state index in [0.29, 0.717) is 11.1 Å². The molecule has 0 fully saturated rings. The number of aryl methyl sites for hydroxylation is 2. The van der Waals surface area contributed by atoms with E-state index < -0.39 is 58.4 Å². The Balaban J connectivity index is 1.25. The highest BCUT2D eigenvalue weighted by molar-refractivity contribution is 6.34. The highest BCUT2D eigenvalue weighted by atomic mass is 16.6. The molecule has 1 aliphatic rings. The summed E-state index contributed by atoms with van der Waals surface area (Å²) in [5, 5.41) is 22.4. The van der Waals surface area contributed by atoms with Crippen LogP contribution in [0.3, 0.4) is 0 Å². The van der Waals surface area contributed by atoms with Gasteiger partial charge < -0.3 is 9.47 Å². The summed E-state index contributed by atoms with van der Waals surface area (Å²) in [6.45, 7) is 1.55. The summed E-state index contributed by atoms with van der Waals surface area (Å²) in [4.78, 5) is 99.0. The summed E-state index contributed by atoms with van der Waals surface area (Å²) in [5.74, 6) is -4.91. The van der Waals surface area contributed by atoms with Gasteiger partial charge >= 0.3 is 11.9 Å². The number of carbonyl (C=O) groups is 6. The average molecular weight is 666 g/mol. The van der Waals surface area contributed by atoms with Gasteiger partial charge in [0.25, 0.3) is 23.2 Å². The topological polar surface area (TPSA) is 210 Å². The molecule has 0 saturated heterocycles. The Hall–Kier alpha value is -6.90. The lowest BCUT2D eigenvalue weighted by atomic mass is 10.1. The molecule has 2 amide bonds. The van der Waals surface area contributed by atoms with Crippen LogP contribution in [0.4, 0.5) is 17.1 Å². The van der Waals surface area contributed by atoms with E-state index in [0.717, 1.165) is 23.1 Å². The molecular weight excluding hydrogens is 642 g/mol. The summed E-state index contributed by atoms with van der Waals surface area (Å²) in [6.07, 6.45) is 0. The number of anilines is 1. The number of Topliss-reactive ketones (excluding diaryl/α,β-unsaturated/α-hetero) is 2. The normalized spacial score (nSPS) is 11.9. The number of carbonyl (C=O) groups excluding carboxylic acids is 6. The average Bonchev–Trinajstić information content (AvgIpc) is 3.34. The van der Waals surface area contributed by atoms with Gasteiger partial charge in [-0.2, -0.15) is 0 Å². The molecule has 0 N–H and O–H groups in total. The number of ketones is 2. The van der Waals surface area contributed by atoms with E-state index in [1.165, 1.54) is 74.5 Å². The minimum Gasteiger partial charge on any atom is -0.454 e. The van der Waals surface area contributed by atoms with Crippen LogP contribution in [0, 0.1) is 34.1 Å². The predicted octanol–water partition coefficient (Wildman–Crippen LogP) is 5.00. The van der Waals surface area contributed by atoms with Crippen LogP contribution in [0.1, 0.15) is 73.3 Å². The molecule has 246 valence electrons. The maximum Gasteiger partial charge on any atom is 0.338 e. The molecule has 0 unspecified atom stereocenters. The second-order valence-electron chi connectivity index (χ2n) is 10.8. The first-order valence-electron chi connectivity index (χ1n) is 14.3. The largest absolute Gasteiger partial charge is 0.454 e. The molecule has 1 aliphatic heterocycles. The summed E-state index contributed by atoms with van der Waals surface area (Å²) in [6, 6.07) is 16.6. The standard InChI is InChI=1S/C34H23N3O12/c1-18-6-8-20(14-27(18)36(44)45)29(38)16-48-33(42)22-4-3-5-24(12-22)35-31(40)25-11-10-23(13-26(25)32(35)41)34(43)49-17-30(39)21-9-7-19(2)28(15-21)37(46)47/h3-15H,16-17H2,1-2H3. The highest BCUT2D eigenvalue weighted by Crippen LogP contribution is 2.30. The zero-order valence-corrected chi connectivity index (χ0v) is 25.7. The Bertz CT molecular complexity index is 2140. The molecule has 1 heterocycles. The third-order valence-electron chi connectivity index (χ3n) is 7.59. The summed E-state index contributed by atoms with van der Waals surface area (Å²) < 4.78 is 10.2. The maximum atomic E-state index is 13.3. The number of esters is 2. The van der Waals surface area contributed by atoms with Gasteiger partial charge in [0.05, 0.1) is 37.8 Å². The van der Waals surface area contributed by atoms with Crippen molar-refractivity contribution in [2.75, 3.05) is 18.1 Å². The van der Waals surface area contributed by atoms with Crippen LogP contribution in [0.2, 0.25) is 0 Å². The van der Waals surface area contributed by atoms with Crippen molar-refractivity contribution in [1.29, 1.82) is 0 Å². The smallest absolute Gasteiger partial charge is 0.338 e. The molecule has 0 saturated carbocycles. The molecule has 5 rings (SSSR count). The minimum atomic E-state index is -0.990. The maximum absolute atomic E-state index is 13.3. The van der Waals surface area contributed by atoms with Crippen LogP contribution in [0.5, 0.6) is 0 Å². The lowest BCUT2D eigenvalue weighted by molar-refractivity contribution is -0.385. The van der Waals surface area contributed by atoms with Crippen LogP contribution < -0.4 is 4.90 Å². The van der Waals surface area contributed by atoms with E-state index in [2.05, 4.69) is 0 Å². The molecule has 0 aromatic heterocycles. The first-order chi connectivity index (χ1) is 23.3. The molecule has 15 heteroatoms. The zero-order valence-electron chi connectivity index (χ0n) is 25.7. The third kappa shape index (κ3) is 6.80. The Morgan fingerprint density at radius 3 is 1.59 bits per heavy atom. The van der Waals surface area contributed by atoms with Gasteiger partial charge in [-0.1, -0.05) is 30.3 Å². The second kappa shape index (κ2) is 13.4. The second-order valence-corrected chi connectivity index (χ2v) is 10.8. The van der Waals surface area contributed by atoms with Gasteiger partial charge in [0.1, 0.15) is 0 Å². The molecule has 15 nitrogen and oxygen atoms in total. The molecule has 0 spiro atoms. The number of imide groups is 1. The number of amides is 2. The molecule has 4 aromatic rings. The van der Waals surface area contributed by atoms with Crippen molar-refractivity contribution in [2.24, 2.45) is 0 Å². The number of hydrogen-bond donors (Lipinski definition) is 0. The van der Waals surface area contributed by atoms with Crippen LogP contribution in [0.25, 0.3) is 0 Å². The Kier molecular flexibility index (Phi) is 9.18. The van der Waals surface area contributed by atoms with E-state index in [4.69, 9.17) is 9.47 Å². The zero-order chi connectivity index (χ0) is 35.6. The number of rotatable bonds is 11. The van der Waals surface area contributed by atoms with E-state index in [1.54, 1.807) is 0 Å². The first kappa shape index (κ1) is 33.5. The number of nitro groups is 2. The Morgan fingerprint density at radius 2 is 1.08 bits per heavy atom. The summed E-state index contributed by atoms with van der Waals surface area (Å²) >= 11 is 0. The van der Waals surface area contributed by atoms with E-state index >= 15 is 0 Å². The Morgan fingerprint density at radius 1 is 0.612 bits per heavy atom. The molecule has 4 aromatic carbocycles. The van der Waals surface area contributed by atoms with Crippen molar-refractivity contribution in [2.45, 2.75) is 13.8 Å². The minimum absolute atomic E-state index is 0.0111. The lowest BCUT2D eigenvalue weighted by Crippen LogP contribution is -2.29. The van der Waals surface area contributed by atoms with Crippen LogP contribution in [0.15, 0.2) is 78.9 Å². The lowest BCUT2D eigenvalue weighted by Gasteiger charge is -2.14.